The number of nitrogens with zero attached hydrogens (tertiary/aromatic N) is 1. The van der Waals surface area contributed by atoms with E-state index in [0.717, 1.165) is 25.7 Å². The smallest absolute Gasteiger partial charge is 0.233 e. The minimum atomic E-state index is -0.212. The van der Waals surface area contributed by atoms with Gasteiger partial charge < -0.3 is 10.1 Å². The van der Waals surface area contributed by atoms with Crippen LogP contribution in [0.25, 0.3) is 0 Å². The zero-order chi connectivity index (χ0) is 17.1. The number of anilines is 1. The Morgan fingerprint density at radius 3 is 2.25 bits per heavy atom. The molecular weight excluding hydrogens is 308 g/mol. The lowest BCUT2D eigenvalue weighted by atomic mass is 9.81. The highest BCUT2D eigenvalue weighted by atomic mass is 16.5. The van der Waals surface area contributed by atoms with Crippen LogP contribution < -0.4 is 10.1 Å². The Hall–Kier alpha value is -2.37. The zero-order valence-corrected chi connectivity index (χ0v) is 13.8. The van der Waals surface area contributed by atoms with Crippen molar-refractivity contribution in [2.24, 2.45) is 11.8 Å². The molecular formula is C18H22N2O4. The Balaban J connectivity index is 1.54. The summed E-state index contributed by atoms with van der Waals surface area (Å²) in [5.41, 5.74) is 0.661. The number of hydrogen-bond donors (Lipinski definition) is 1. The van der Waals surface area contributed by atoms with E-state index < -0.39 is 0 Å². The van der Waals surface area contributed by atoms with Gasteiger partial charge in [0.1, 0.15) is 5.75 Å². The molecule has 6 heteroatoms. The van der Waals surface area contributed by atoms with E-state index in [0.29, 0.717) is 11.4 Å². The molecule has 2 fully saturated rings. The third-order valence-electron chi connectivity index (χ3n) is 4.87. The Kier molecular flexibility index (Phi) is 4.83. The highest BCUT2D eigenvalue weighted by molar-refractivity contribution is 6.05. The molecule has 128 valence electrons. The first-order chi connectivity index (χ1) is 11.6. The van der Waals surface area contributed by atoms with Gasteiger partial charge in [0.15, 0.2) is 0 Å². The number of hydrogen-bond acceptors (Lipinski definition) is 4. The molecule has 0 unspecified atom stereocenters. The molecule has 1 aliphatic heterocycles. The van der Waals surface area contributed by atoms with E-state index in [-0.39, 0.29) is 42.5 Å². The van der Waals surface area contributed by atoms with Crippen LogP contribution in [0.4, 0.5) is 5.69 Å². The molecule has 3 amide bonds. The minimum absolute atomic E-state index is 0.0954. The Bertz CT molecular complexity index is 617. The summed E-state index contributed by atoms with van der Waals surface area (Å²) in [5.74, 6) is -0.00445. The maximum atomic E-state index is 12.4. The lowest BCUT2D eigenvalue weighted by molar-refractivity contribution is -0.140. The van der Waals surface area contributed by atoms with E-state index in [1.165, 1.54) is 4.90 Å². The molecule has 1 heterocycles. The quantitative estimate of drug-likeness (QED) is 0.840. The molecule has 0 bridgehead atoms. The number of carbonyl (C=O) groups is 3. The second-order valence-corrected chi connectivity index (χ2v) is 6.35. The molecule has 1 N–H and O–H groups in total. The topological polar surface area (TPSA) is 75.7 Å². The van der Waals surface area contributed by atoms with E-state index >= 15 is 0 Å². The van der Waals surface area contributed by atoms with Crippen molar-refractivity contribution in [1.29, 1.82) is 0 Å². The molecule has 1 aromatic carbocycles. The third-order valence-corrected chi connectivity index (χ3v) is 4.87. The van der Waals surface area contributed by atoms with Crippen LogP contribution >= 0.6 is 0 Å². The van der Waals surface area contributed by atoms with Crippen LogP contribution in [0.5, 0.6) is 5.75 Å². The van der Waals surface area contributed by atoms with Gasteiger partial charge in [0, 0.05) is 18.7 Å². The maximum Gasteiger partial charge on any atom is 0.233 e. The fourth-order valence-electron chi connectivity index (χ4n) is 3.56. The zero-order valence-electron chi connectivity index (χ0n) is 13.8. The summed E-state index contributed by atoms with van der Waals surface area (Å²) in [7, 11) is 1.58. The van der Waals surface area contributed by atoms with Crippen molar-refractivity contribution < 1.29 is 19.1 Å². The molecule has 0 spiro atoms. The molecule has 3 rings (SSSR count). The van der Waals surface area contributed by atoms with Crippen molar-refractivity contribution in [2.45, 2.75) is 32.1 Å². The first-order valence-electron chi connectivity index (χ1n) is 8.39. The third kappa shape index (κ3) is 3.27. The molecule has 1 saturated carbocycles. The highest BCUT2D eigenvalue weighted by Gasteiger charge is 2.47. The van der Waals surface area contributed by atoms with E-state index in [1.807, 2.05) is 0 Å². The molecule has 24 heavy (non-hydrogen) atoms. The van der Waals surface area contributed by atoms with Gasteiger partial charge in [-0.1, -0.05) is 12.8 Å². The van der Waals surface area contributed by atoms with Crippen LogP contribution in [0.15, 0.2) is 24.3 Å². The second-order valence-electron chi connectivity index (χ2n) is 6.35. The lowest BCUT2D eigenvalue weighted by Gasteiger charge is -2.19. The predicted octanol–water partition coefficient (Wildman–Crippen LogP) is 2.20. The monoisotopic (exact) mass is 330 g/mol. The number of benzene rings is 1. The molecule has 1 aliphatic carbocycles. The van der Waals surface area contributed by atoms with E-state index in [1.54, 1.807) is 31.4 Å². The van der Waals surface area contributed by atoms with Crippen molar-refractivity contribution in [3.05, 3.63) is 24.3 Å². The van der Waals surface area contributed by atoms with Crippen molar-refractivity contribution in [3.63, 3.8) is 0 Å². The predicted molar refractivity (Wildman–Crippen MR) is 88.4 cm³/mol. The summed E-state index contributed by atoms with van der Waals surface area (Å²) in [4.78, 5) is 38.0. The average molecular weight is 330 g/mol. The summed E-state index contributed by atoms with van der Waals surface area (Å²) in [6.07, 6.45) is 3.72. The number of rotatable bonds is 5. The van der Waals surface area contributed by atoms with E-state index in [2.05, 4.69) is 5.32 Å². The Labute approximate surface area is 141 Å². The van der Waals surface area contributed by atoms with Gasteiger partial charge in [-0.2, -0.15) is 0 Å². The fourth-order valence-corrected chi connectivity index (χ4v) is 3.56. The number of nitrogens with one attached hydrogen (secondary N) is 1. The number of ether oxygens (including phenoxy) is 1. The fraction of sp³-hybridized carbons (Fsp3) is 0.500. The number of fused-ring (bicyclic) bond motifs is 1. The molecule has 0 radical (unpaired) electrons. The normalized spacial score (nSPS) is 23.1. The van der Waals surface area contributed by atoms with Gasteiger partial charge >= 0.3 is 0 Å². The minimum Gasteiger partial charge on any atom is -0.497 e. The van der Waals surface area contributed by atoms with Gasteiger partial charge in [-0.15, -0.1) is 0 Å². The summed E-state index contributed by atoms with van der Waals surface area (Å²) >= 11 is 0. The molecule has 2 atom stereocenters. The van der Waals surface area contributed by atoms with Gasteiger partial charge in [0.2, 0.25) is 17.7 Å². The SMILES string of the molecule is COc1ccc(NC(=O)CCN2C(=O)[C@H]3CCCC[C@@H]3C2=O)cc1. The van der Waals surface area contributed by atoms with Crippen molar-refractivity contribution in [1.82, 2.24) is 4.90 Å². The molecule has 2 aliphatic rings. The first kappa shape index (κ1) is 16.5. The van der Waals surface area contributed by atoms with Gasteiger partial charge in [-0.05, 0) is 37.1 Å². The number of likely N-dealkylation sites (tertiary alicyclic amines) is 1. The Morgan fingerprint density at radius 2 is 1.71 bits per heavy atom. The number of amides is 3. The van der Waals surface area contributed by atoms with Crippen LogP contribution in [-0.4, -0.2) is 36.3 Å². The molecule has 0 aromatic heterocycles. The largest absolute Gasteiger partial charge is 0.497 e. The summed E-state index contributed by atoms with van der Waals surface area (Å²) in [6.45, 7) is 0.159. The van der Waals surface area contributed by atoms with Crippen LogP contribution in [0.1, 0.15) is 32.1 Å². The average Bonchev–Trinajstić information content (AvgIpc) is 2.85. The van der Waals surface area contributed by atoms with Crippen LogP contribution in [0.3, 0.4) is 0 Å². The summed E-state index contributed by atoms with van der Waals surface area (Å²) in [5, 5.41) is 2.77. The van der Waals surface area contributed by atoms with E-state index in [9.17, 15) is 14.4 Å². The molecule has 6 nitrogen and oxygen atoms in total. The van der Waals surface area contributed by atoms with Gasteiger partial charge in [0.05, 0.1) is 18.9 Å². The van der Waals surface area contributed by atoms with Crippen LogP contribution in [0, 0.1) is 11.8 Å². The van der Waals surface area contributed by atoms with Gasteiger partial charge in [-0.3, -0.25) is 19.3 Å². The molecule has 1 saturated heterocycles. The maximum absolute atomic E-state index is 12.4. The summed E-state index contributed by atoms with van der Waals surface area (Å²) in [6, 6.07) is 7.01. The van der Waals surface area contributed by atoms with Gasteiger partial charge in [-0.25, -0.2) is 0 Å². The number of methoxy groups -OCH3 is 1. The van der Waals surface area contributed by atoms with Crippen LogP contribution in [-0.2, 0) is 14.4 Å². The van der Waals surface area contributed by atoms with Crippen LogP contribution in [0.2, 0.25) is 0 Å². The standard InChI is InChI=1S/C18H22N2O4/c1-24-13-8-6-12(7-9-13)19-16(21)10-11-20-17(22)14-4-2-3-5-15(14)18(20)23/h6-9,14-15H,2-5,10-11H2,1H3,(H,19,21)/t14-,15-/m0/s1. The number of imide groups is 1. The van der Waals surface area contributed by atoms with E-state index in [4.69, 9.17) is 4.74 Å². The van der Waals surface area contributed by atoms with Crippen molar-refractivity contribution >= 4 is 23.4 Å². The van der Waals surface area contributed by atoms with Crippen molar-refractivity contribution in [3.8, 4) is 5.75 Å². The number of carbonyl (C=O) groups excluding carboxylic acids is 3. The van der Waals surface area contributed by atoms with Crippen molar-refractivity contribution in [2.75, 3.05) is 19.0 Å². The first-order valence-corrected chi connectivity index (χ1v) is 8.39. The Morgan fingerprint density at radius 1 is 1.12 bits per heavy atom. The highest BCUT2D eigenvalue weighted by Crippen LogP contribution is 2.37. The summed E-state index contributed by atoms with van der Waals surface area (Å²) < 4.78 is 5.06. The molecule has 1 aromatic rings. The lowest BCUT2D eigenvalue weighted by Crippen LogP contribution is -2.34. The van der Waals surface area contributed by atoms with Gasteiger partial charge in [0.25, 0.3) is 0 Å². The second kappa shape index (κ2) is 7.03.